The highest BCUT2D eigenvalue weighted by molar-refractivity contribution is 5.44. The molecule has 7 nitrogen and oxygen atoms in total. The van der Waals surface area contributed by atoms with Crippen molar-refractivity contribution in [3.63, 3.8) is 0 Å². The van der Waals surface area contributed by atoms with Crippen LogP contribution in [0.2, 0.25) is 0 Å². The van der Waals surface area contributed by atoms with E-state index in [1.54, 1.807) is 0 Å². The number of nitrogens with zero attached hydrogens (tertiary/aromatic N) is 3. The van der Waals surface area contributed by atoms with Gasteiger partial charge in [0.2, 0.25) is 5.88 Å². The number of rotatable bonds is 4. The molecular weight excluding hydrogens is 236 g/mol. The summed E-state index contributed by atoms with van der Waals surface area (Å²) in [6, 6.07) is 3.03. The maximum atomic E-state index is 10.6. The molecule has 0 aliphatic carbocycles. The lowest BCUT2D eigenvalue weighted by Gasteiger charge is -2.10. The Hall–Kier alpha value is -2.20. The largest absolute Gasteiger partial charge is 0.476 e. The van der Waals surface area contributed by atoms with Gasteiger partial charge in [0.1, 0.15) is 17.8 Å². The lowest BCUT2D eigenvalue weighted by atomic mass is 10.1. The van der Waals surface area contributed by atoms with E-state index in [-0.39, 0.29) is 17.1 Å². The Kier molecular flexibility index (Phi) is 3.69. The van der Waals surface area contributed by atoms with Crippen LogP contribution < -0.4 is 10.1 Å². The zero-order chi connectivity index (χ0) is 13.0. The third-order valence-corrected chi connectivity index (χ3v) is 2.79. The molecule has 0 spiro atoms. The molecule has 18 heavy (non-hydrogen) atoms. The second-order valence-corrected chi connectivity index (χ2v) is 4.08. The Labute approximate surface area is 104 Å². The van der Waals surface area contributed by atoms with Crippen LogP contribution >= 0.6 is 0 Å². The molecule has 1 aromatic heterocycles. The molecule has 7 heteroatoms. The Bertz CT molecular complexity index is 492. The van der Waals surface area contributed by atoms with Gasteiger partial charge in [-0.1, -0.05) is 0 Å². The molecule has 1 fully saturated rings. The molecule has 0 radical (unpaired) electrons. The minimum absolute atomic E-state index is 0.0927. The van der Waals surface area contributed by atoms with Gasteiger partial charge < -0.3 is 10.1 Å². The SMILES string of the molecule is N#Cc1cc([N+](=O)[O-])cnc1OCC1CCNC1. The topological polar surface area (TPSA) is 101 Å². The standard InChI is InChI=1S/C11H12N4O3/c12-4-9-3-10(15(16)17)6-14-11(9)18-7-8-1-2-13-5-8/h3,6,8,13H,1-2,5,7H2. The van der Waals surface area contributed by atoms with E-state index in [2.05, 4.69) is 10.3 Å². The summed E-state index contributed by atoms with van der Waals surface area (Å²) in [5.74, 6) is 0.559. The molecule has 2 rings (SSSR count). The van der Waals surface area contributed by atoms with Crippen LogP contribution in [-0.4, -0.2) is 29.6 Å². The van der Waals surface area contributed by atoms with Crippen LogP contribution in [0, 0.1) is 27.4 Å². The Morgan fingerprint density at radius 1 is 1.72 bits per heavy atom. The molecular formula is C11H12N4O3. The van der Waals surface area contributed by atoms with E-state index in [1.807, 2.05) is 6.07 Å². The van der Waals surface area contributed by atoms with E-state index in [0.29, 0.717) is 12.5 Å². The van der Waals surface area contributed by atoms with Crippen LogP contribution in [0.25, 0.3) is 0 Å². The van der Waals surface area contributed by atoms with Gasteiger partial charge in [0.25, 0.3) is 5.69 Å². The molecule has 1 aromatic rings. The first-order chi connectivity index (χ1) is 8.70. The summed E-state index contributed by atoms with van der Waals surface area (Å²) in [5.41, 5.74) is -0.114. The quantitative estimate of drug-likeness (QED) is 0.626. The van der Waals surface area contributed by atoms with Crippen LogP contribution in [0.4, 0.5) is 5.69 Å². The van der Waals surface area contributed by atoms with Gasteiger partial charge in [-0.2, -0.15) is 5.26 Å². The van der Waals surface area contributed by atoms with Crippen LogP contribution in [0.5, 0.6) is 5.88 Å². The first-order valence-corrected chi connectivity index (χ1v) is 5.58. The highest BCUT2D eigenvalue weighted by Gasteiger charge is 2.18. The van der Waals surface area contributed by atoms with Crippen molar-refractivity contribution in [3.8, 4) is 11.9 Å². The van der Waals surface area contributed by atoms with E-state index in [1.165, 1.54) is 6.07 Å². The fourth-order valence-electron chi connectivity index (χ4n) is 1.79. The number of nitro groups is 1. The van der Waals surface area contributed by atoms with Gasteiger partial charge in [-0.05, 0) is 13.0 Å². The molecule has 94 valence electrons. The van der Waals surface area contributed by atoms with Crippen molar-refractivity contribution in [2.24, 2.45) is 5.92 Å². The smallest absolute Gasteiger partial charge is 0.289 e. The average Bonchev–Trinajstić information content (AvgIpc) is 2.89. The summed E-state index contributed by atoms with van der Waals surface area (Å²) in [5, 5.41) is 22.7. The van der Waals surface area contributed by atoms with Crippen molar-refractivity contribution in [2.75, 3.05) is 19.7 Å². The van der Waals surface area contributed by atoms with Gasteiger partial charge in [-0.15, -0.1) is 0 Å². The Morgan fingerprint density at radius 3 is 3.17 bits per heavy atom. The Balaban J connectivity index is 2.07. The highest BCUT2D eigenvalue weighted by Crippen LogP contribution is 2.21. The molecule has 1 aliphatic heterocycles. The summed E-state index contributed by atoms with van der Waals surface area (Å²) < 4.78 is 5.45. The normalized spacial score (nSPS) is 18.3. The van der Waals surface area contributed by atoms with Crippen LogP contribution in [0.3, 0.4) is 0 Å². The summed E-state index contributed by atoms with van der Waals surface area (Å²) in [6.45, 7) is 2.31. The second kappa shape index (κ2) is 5.42. The summed E-state index contributed by atoms with van der Waals surface area (Å²) in [6.07, 6.45) is 2.12. The minimum Gasteiger partial charge on any atom is -0.476 e. The Morgan fingerprint density at radius 2 is 2.56 bits per heavy atom. The maximum absolute atomic E-state index is 10.6. The lowest BCUT2D eigenvalue weighted by Crippen LogP contribution is -2.16. The second-order valence-electron chi connectivity index (χ2n) is 4.08. The summed E-state index contributed by atoms with van der Waals surface area (Å²) in [4.78, 5) is 13.8. The first-order valence-electron chi connectivity index (χ1n) is 5.58. The zero-order valence-corrected chi connectivity index (χ0v) is 9.63. The molecule has 1 saturated heterocycles. The third kappa shape index (κ3) is 2.73. The number of pyridine rings is 1. The molecule has 1 N–H and O–H groups in total. The summed E-state index contributed by atoms with van der Waals surface area (Å²) in [7, 11) is 0. The maximum Gasteiger partial charge on any atom is 0.289 e. The van der Waals surface area contributed by atoms with Gasteiger partial charge >= 0.3 is 0 Å². The van der Waals surface area contributed by atoms with Crippen molar-refractivity contribution in [3.05, 3.63) is 27.9 Å². The average molecular weight is 248 g/mol. The third-order valence-electron chi connectivity index (χ3n) is 2.79. The molecule has 0 saturated carbocycles. The van der Waals surface area contributed by atoms with Gasteiger partial charge in [0.15, 0.2) is 0 Å². The van der Waals surface area contributed by atoms with Crippen molar-refractivity contribution in [2.45, 2.75) is 6.42 Å². The molecule has 1 aliphatic rings. The predicted molar refractivity (Wildman–Crippen MR) is 62.1 cm³/mol. The highest BCUT2D eigenvalue weighted by atomic mass is 16.6. The number of ether oxygens (including phenoxy) is 1. The lowest BCUT2D eigenvalue weighted by molar-refractivity contribution is -0.385. The van der Waals surface area contributed by atoms with E-state index in [9.17, 15) is 10.1 Å². The molecule has 0 bridgehead atoms. The van der Waals surface area contributed by atoms with Crippen LogP contribution in [-0.2, 0) is 0 Å². The number of hydrogen-bond acceptors (Lipinski definition) is 6. The van der Waals surface area contributed by atoms with Crippen molar-refractivity contribution in [1.82, 2.24) is 10.3 Å². The summed E-state index contributed by atoms with van der Waals surface area (Å²) >= 11 is 0. The first kappa shape index (κ1) is 12.3. The fraction of sp³-hybridized carbons (Fsp3) is 0.455. The van der Waals surface area contributed by atoms with E-state index >= 15 is 0 Å². The zero-order valence-electron chi connectivity index (χ0n) is 9.63. The number of nitriles is 1. The van der Waals surface area contributed by atoms with Crippen molar-refractivity contribution < 1.29 is 9.66 Å². The predicted octanol–water partition coefficient (Wildman–Crippen LogP) is 0.850. The molecule has 0 amide bonds. The number of hydrogen-bond donors (Lipinski definition) is 1. The molecule has 0 aromatic carbocycles. The van der Waals surface area contributed by atoms with Crippen molar-refractivity contribution in [1.29, 1.82) is 5.26 Å². The minimum atomic E-state index is -0.585. The molecule has 2 heterocycles. The van der Waals surface area contributed by atoms with Crippen LogP contribution in [0.1, 0.15) is 12.0 Å². The van der Waals surface area contributed by atoms with Gasteiger partial charge in [0.05, 0.1) is 11.5 Å². The van der Waals surface area contributed by atoms with Crippen LogP contribution in [0.15, 0.2) is 12.3 Å². The molecule has 1 atom stereocenters. The van der Waals surface area contributed by atoms with Crippen molar-refractivity contribution >= 4 is 5.69 Å². The van der Waals surface area contributed by atoms with Gasteiger partial charge in [-0.25, -0.2) is 4.98 Å². The number of nitrogens with one attached hydrogen (secondary N) is 1. The monoisotopic (exact) mass is 248 g/mol. The van der Waals surface area contributed by atoms with E-state index in [4.69, 9.17) is 10.00 Å². The van der Waals surface area contributed by atoms with Gasteiger partial charge in [0, 0.05) is 18.5 Å². The number of aromatic nitrogens is 1. The molecule has 1 unspecified atom stereocenters. The van der Waals surface area contributed by atoms with E-state index in [0.717, 1.165) is 25.7 Å². The van der Waals surface area contributed by atoms with E-state index < -0.39 is 4.92 Å². The van der Waals surface area contributed by atoms with Gasteiger partial charge in [-0.3, -0.25) is 10.1 Å². The fourth-order valence-corrected chi connectivity index (χ4v) is 1.79.